The van der Waals surface area contributed by atoms with Gasteiger partial charge in [-0.3, -0.25) is 4.90 Å². The van der Waals surface area contributed by atoms with Crippen LogP contribution in [0.4, 0.5) is 0 Å². The fourth-order valence-electron chi connectivity index (χ4n) is 2.65. The van der Waals surface area contributed by atoms with Gasteiger partial charge in [0.25, 0.3) is 0 Å². The van der Waals surface area contributed by atoms with E-state index in [1.54, 1.807) is 0 Å². The molecule has 3 heteroatoms. The first-order chi connectivity index (χ1) is 8.66. The zero-order valence-electron chi connectivity index (χ0n) is 11.3. The maximum Gasteiger partial charge on any atom is 0.0352 e. The van der Waals surface area contributed by atoms with Crippen LogP contribution in [0.2, 0.25) is 0 Å². The van der Waals surface area contributed by atoms with Crippen molar-refractivity contribution < 1.29 is 0 Å². The summed E-state index contributed by atoms with van der Waals surface area (Å²) in [6, 6.07) is 9.35. The maximum atomic E-state index is 3.59. The predicted octanol–water partition coefficient (Wildman–Crippen LogP) is 3.44. The Balaban J connectivity index is 2.18. The van der Waals surface area contributed by atoms with E-state index in [0.29, 0.717) is 6.04 Å². The first-order valence-corrected chi connectivity index (χ1v) is 7.66. The van der Waals surface area contributed by atoms with E-state index in [-0.39, 0.29) is 0 Å². The highest BCUT2D eigenvalue weighted by atomic mass is 79.9. The molecule has 0 unspecified atom stereocenters. The van der Waals surface area contributed by atoms with Gasteiger partial charge in [-0.2, -0.15) is 0 Å². The summed E-state index contributed by atoms with van der Waals surface area (Å²) in [6.45, 7) is 9.17. The molecule has 0 aliphatic carbocycles. The van der Waals surface area contributed by atoms with Crippen LogP contribution in [0, 0.1) is 5.92 Å². The van der Waals surface area contributed by atoms with Gasteiger partial charge >= 0.3 is 0 Å². The normalized spacial score (nSPS) is 19.1. The molecule has 0 bridgehead atoms. The summed E-state index contributed by atoms with van der Waals surface area (Å²) in [5, 5.41) is 3.43. The molecule has 1 heterocycles. The molecule has 1 aromatic carbocycles. The molecule has 1 aliphatic rings. The number of hydrogen-bond donors (Lipinski definition) is 1. The summed E-state index contributed by atoms with van der Waals surface area (Å²) in [5.41, 5.74) is 1.44. The van der Waals surface area contributed by atoms with Crippen molar-refractivity contribution in [2.24, 2.45) is 5.92 Å². The second-order valence-corrected chi connectivity index (χ2v) is 6.40. The fraction of sp³-hybridized carbons (Fsp3) is 0.600. The van der Waals surface area contributed by atoms with Gasteiger partial charge in [0.05, 0.1) is 0 Å². The molecule has 2 rings (SSSR count). The predicted molar refractivity (Wildman–Crippen MR) is 80.8 cm³/mol. The Labute approximate surface area is 119 Å². The molecule has 1 N–H and O–H groups in total. The van der Waals surface area contributed by atoms with E-state index in [1.807, 2.05) is 0 Å². The molecule has 0 spiro atoms. The fourth-order valence-corrected chi connectivity index (χ4v) is 3.07. The van der Waals surface area contributed by atoms with Gasteiger partial charge < -0.3 is 5.32 Å². The van der Waals surface area contributed by atoms with E-state index in [2.05, 4.69) is 64.3 Å². The van der Waals surface area contributed by atoms with Crippen LogP contribution < -0.4 is 5.32 Å². The SMILES string of the molecule is CC(C)C[C@@H](c1cccc(Br)c1)N1CCNCC1. The summed E-state index contributed by atoms with van der Waals surface area (Å²) in [5.74, 6) is 0.726. The molecule has 0 aromatic heterocycles. The van der Waals surface area contributed by atoms with Crippen molar-refractivity contribution in [2.75, 3.05) is 26.2 Å². The van der Waals surface area contributed by atoms with E-state index in [4.69, 9.17) is 0 Å². The van der Waals surface area contributed by atoms with E-state index in [9.17, 15) is 0 Å². The van der Waals surface area contributed by atoms with Crippen molar-refractivity contribution in [2.45, 2.75) is 26.3 Å². The zero-order chi connectivity index (χ0) is 13.0. The number of benzene rings is 1. The van der Waals surface area contributed by atoms with Crippen molar-refractivity contribution in [3.8, 4) is 0 Å². The van der Waals surface area contributed by atoms with Crippen molar-refractivity contribution >= 4 is 15.9 Å². The lowest BCUT2D eigenvalue weighted by molar-refractivity contribution is 0.154. The van der Waals surface area contributed by atoms with Crippen molar-refractivity contribution in [3.05, 3.63) is 34.3 Å². The number of nitrogens with one attached hydrogen (secondary N) is 1. The Morgan fingerprint density at radius 3 is 2.61 bits per heavy atom. The molecule has 2 nitrogen and oxygen atoms in total. The molecule has 18 heavy (non-hydrogen) atoms. The Kier molecular flexibility index (Phi) is 5.22. The average molecular weight is 311 g/mol. The lowest BCUT2D eigenvalue weighted by Crippen LogP contribution is -2.45. The third-order valence-corrected chi connectivity index (χ3v) is 4.01. The van der Waals surface area contributed by atoms with Gasteiger partial charge in [0.1, 0.15) is 0 Å². The zero-order valence-corrected chi connectivity index (χ0v) is 12.9. The van der Waals surface area contributed by atoms with Crippen LogP contribution in [0.15, 0.2) is 28.7 Å². The van der Waals surface area contributed by atoms with Gasteiger partial charge in [-0.1, -0.05) is 41.9 Å². The summed E-state index contributed by atoms with van der Waals surface area (Å²) in [4.78, 5) is 2.62. The van der Waals surface area contributed by atoms with E-state index < -0.39 is 0 Å². The van der Waals surface area contributed by atoms with Gasteiger partial charge in [0.15, 0.2) is 0 Å². The Hall–Kier alpha value is -0.380. The van der Waals surface area contributed by atoms with E-state index in [0.717, 1.165) is 32.1 Å². The highest BCUT2D eigenvalue weighted by Crippen LogP contribution is 2.29. The van der Waals surface area contributed by atoms with Gasteiger partial charge in [-0.25, -0.2) is 0 Å². The van der Waals surface area contributed by atoms with Gasteiger partial charge in [-0.15, -0.1) is 0 Å². The van der Waals surface area contributed by atoms with Gasteiger partial charge in [0.2, 0.25) is 0 Å². The number of piperazine rings is 1. The summed E-state index contributed by atoms with van der Waals surface area (Å²) >= 11 is 3.59. The molecule has 0 radical (unpaired) electrons. The second-order valence-electron chi connectivity index (χ2n) is 5.49. The molecule has 100 valence electrons. The number of rotatable bonds is 4. The molecule has 1 fully saturated rings. The topological polar surface area (TPSA) is 15.3 Å². The molecule has 1 aromatic rings. The number of halogens is 1. The minimum Gasteiger partial charge on any atom is -0.314 e. The first kappa shape index (κ1) is 14.0. The average Bonchev–Trinajstić information content (AvgIpc) is 2.37. The van der Waals surface area contributed by atoms with Crippen LogP contribution in [-0.2, 0) is 0 Å². The van der Waals surface area contributed by atoms with Gasteiger partial charge in [-0.05, 0) is 30.0 Å². The Morgan fingerprint density at radius 2 is 2.00 bits per heavy atom. The molecule has 0 amide bonds. The van der Waals surface area contributed by atoms with Crippen LogP contribution in [0.3, 0.4) is 0 Å². The Bertz CT molecular complexity index is 373. The van der Waals surface area contributed by atoms with E-state index >= 15 is 0 Å². The minimum atomic E-state index is 0.560. The summed E-state index contributed by atoms with van der Waals surface area (Å²) in [6.07, 6.45) is 1.23. The summed E-state index contributed by atoms with van der Waals surface area (Å²) < 4.78 is 1.18. The second kappa shape index (κ2) is 6.69. The van der Waals surface area contributed by atoms with E-state index in [1.165, 1.54) is 16.5 Å². The largest absolute Gasteiger partial charge is 0.314 e. The van der Waals surface area contributed by atoms with Crippen LogP contribution in [0.5, 0.6) is 0 Å². The monoisotopic (exact) mass is 310 g/mol. The summed E-state index contributed by atoms with van der Waals surface area (Å²) in [7, 11) is 0. The molecule has 1 atom stereocenters. The van der Waals surface area contributed by atoms with Crippen LogP contribution in [0.25, 0.3) is 0 Å². The van der Waals surface area contributed by atoms with Crippen molar-refractivity contribution in [1.82, 2.24) is 10.2 Å². The third-order valence-electron chi connectivity index (χ3n) is 3.52. The molecule has 0 saturated carbocycles. The highest BCUT2D eigenvalue weighted by molar-refractivity contribution is 9.10. The number of hydrogen-bond acceptors (Lipinski definition) is 2. The van der Waals surface area contributed by atoms with Crippen molar-refractivity contribution in [1.29, 1.82) is 0 Å². The first-order valence-electron chi connectivity index (χ1n) is 6.87. The molecule has 1 saturated heterocycles. The molecular weight excluding hydrogens is 288 g/mol. The molecule has 1 aliphatic heterocycles. The lowest BCUT2D eigenvalue weighted by Gasteiger charge is -2.36. The van der Waals surface area contributed by atoms with Gasteiger partial charge in [0, 0.05) is 36.7 Å². The van der Waals surface area contributed by atoms with Crippen LogP contribution in [-0.4, -0.2) is 31.1 Å². The standard InChI is InChI=1S/C15H23BrN2/c1-12(2)10-15(18-8-6-17-7-9-18)13-4-3-5-14(16)11-13/h3-5,11-12,15,17H,6-10H2,1-2H3/t15-/m0/s1. The minimum absolute atomic E-state index is 0.560. The van der Waals surface area contributed by atoms with Crippen molar-refractivity contribution in [3.63, 3.8) is 0 Å². The number of nitrogens with zero attached hydrogens (tertiary/aromatic N) is 1. The Morgan fingerprint density at radius 1 is 1.28 bits per heavy atom. The van der Waals surface area contributed by atoms with Crippen LogP contribution in [0.1, 0.15) is 31.9 Å². The highest BCUT2D eigenvalue weighted by Gasteiger charge is 2.22. The maximum absolute atomic E-state index is 3.59. The lowest BCUT2D eigenvalue weighted by atomic mass is 9.95. The third kappa shape index (κ3) is 3.81. The smallest absolute Gasteiger partial charge is 0.0352 e. The molecular formula is C15H23BrN2. The quantitative estimate of drug-likeness (QED) is 0.916. The van der Waals surface area contributed by atoms with Crippen LogP contribution >= 0.6 is 15.9 Å².